The quantitative estimate of drug-likeness (QED) is 0.379. The van der Waals surface area contributed by atoms with Crippen LogP contribution in [0.4, 0.5) is 0 Å². The number of hydrogen-bond donors (Lipinski definition) is 2. The summed E-state index contributed by atoms with van der Waals surface area (Å²) < 4.78 is 5.55. The van der Waals surface area contributed by atoms with Crippen LogP contribution in [0.25, 0.3) is 0 Å². The van der Waals surface area contributed by atoms with Gasteiger partial charge in [0, 0.05) is 36.8 Å². The van der Waals surface area contributed by atoms with Crippen molar-refractivity contribution in [2.45, 2.75) is 37.9 Å². The highest BCUT2D eigenvalue weighted by molar-refractivity contribution is 5.94. The molecule has 0 unspecified atom stereocenters. The van der Waals surface area contributed by atoms with Gasteiger partial charge in [0.25, 0.3) is 5.91 Å². The van der Waals surface area contributed by atoms with Crippen LogP contribution in [0, 0.1) is 0 Å². The van der Waals surface area contributed by atoms with Crippen molar-refractivity contribution < 1.29 is 9.53 Å². The Bertz CT molecular complexity index is 1030. The zero-order valence-electron chi connectivity index (χ0n) is 20.4. The maximum atomic E-state index is 12.4. The number of nitrogens with one attached hydrogen (secondary N) is 2. The molecule has 0 spiro atoms. The Morgan fingerprint density at radius 2 is 1.66 bits per heavy atom. The molecule has 1 aliphatic heterocycles. The van der Waals surface area contributed by atoms with Crippen molar-refractivity contribution in [3.8, 4) is 5.75 Å². The van der Waals surface area contributed by atoms with E-state index in [1.165, 1.54) is 11.1 Å². The number of benzene rings is 3. The largest absolute Gasteiger partial charge is 0.496 e. The van der Waals surface area contributed by atoms with Gasteiger partial charge in [0.05, 0.1) is 13.2 Å². The van der Waals surface area contributed by atoms with E-state index in [9.17, 15) is 4.79 Å². The lowest BCUT2D eigenvalue weighted by molar-refractivity contribution is 0.0936. The lowest BCUT2D eigenvalue weighted by atomic mass is 9.90. The van der Waals surface area contributed by atoms with Crippen LogP contribution in [0.3, 0.4) is 0 Å². The number of piperidine rings is 1. The number of amides is 1. The van der Waals surface area contributed by atoms with Gasteiger partial charge in [0.2, 0.25) is 0 Å². The topological polar surface area (TPSA) is 53.6 Å². The first-order valence-corrected chi connectivity index (χ1v) is 12.2. The zero-order chi connectivity index (χ0) is 23.6. The standard InChI is InChI=1S/C29H35N3O2.ClH/c1-34-27-18-9-8-16-25(27)22-31-26-17-10-20-32(28(26)23-12-4-2-5-13-23)21-11-19-30-29(33)24-14-6-3-7-15-24;/h2-9,12-16,18,26,28,31H,10-11,17,19-22H2,1H3,(H,30,33);1H/t26-,28-;/m0./s1. The van der Waals surface area contributed by atoms with Gasteiger partial charge >= 0.3 is 0 Å². The Morgan fingerprint density at radius 1 is 0.971 bits per heavy atom. The van der Waals surface area contributed by atoms with Gasteiger partial charge in [-0.2, -0.15) is 0 Å². The summed E-state index contributed by atoms with van der Waals surface area (Å²) in [5.74, 6) is 0.920. The van der Waals surface area contributed by atoms with Gasteiger partial charge in [-0.3, -0.25) is 9.69 Å². The summed E-state index contributed by atoms with van der Waals surface area (Å²) in [5.41, 5.74) is 3.23. The molecule has 1 heterocycles. The summed E-state index contributed by atoms with van der Waals surface area (Å²) in [4.78, 5) is 14.9. The van der Waals surface area contributed by atoms with Crippen LogP contribution in [0.1, 0.15) is 46.8 Å². The number of carbonyl (C=O) groups is 1. The second-order valence-corrected chi connectivity index (χ2v) is 8.81. The molecule has 186 valence electrons. The minimum atomic E-state index is -0.00444. The van der Waals surface area contributed by atoms with Crippen LogP contribution in [0.15, 0.2) is 84.9 Å². The highest BCUT2D eigenvalue weighted by atomic mass is 35.5. The van der Waals surface area contributed by atoms with Crippen molar-refractivity contribution >= 4 is 18.3 Å². The van der Waals surface area contributed by atoms with Crippen molar-refractivity contribution in [1.82, 2.24) is 15.5 Å². The van der Waals surface area contributed by atoms with Gasteiger partial charge < -0.3 is 15.4 Å². The van der Waals surface area contributed by atoms with E-state index in [4.69, 9.17) is 4.74 Å². The van der Waals surface area contributed by atoms with Crippen LogP contribution in [0.5, 0.6) is 5.75 Å². The van der Waals surface area contributed by atoms with E-state index in [0.717, 1.165) is 44.6 Å². The first-order chi connectivity index (χ1) is 16.8. The first kappa shape index (κ1) is 26.7. The lowest BCUT2D eigenvalue weighted by Crippen LogP contribution is -2.48. The van der Waals surface area contributed by atoms with E-state index in [0.29, 0.717) is 24.2 Å². The second kappa shape index (κ2) is 13.9. The van der Waals surface area contributed by atoms with Crippen molar-refractivity contribution in [2.24, 2.45) is 0 Å². The molecule has 35 heavy (non-hydrogen) atoms. The number of carbonyl (C=O) groups excluding carboxylic acids is 1. The van der Waals surface area contributed by atoms with Crippen molar-refractivity contribution in [3.05, 3.63) is 102 Å². The second-order valence-electron chi connectivity index (χ2n) is 8.81. The summed E-state index contributed by atoms with van der Waals surface area (Å²) in [6.45, 7) is 3.46. The van der Waals surface area contributed by atoms with Gasteiger partial charge in [-0.25, -0.2) is 0 Å². The Morgan fingerprint density at radius 3 is 2.40 bits per heavy atom. The number of para-hydroxylation sites is 1. The SMILES string of the molecule is COc1ccccc1CN[C@H]1CCCN(CCCNC(=O)c2ccccc2)[C@H]1c1ccccc1.Cl. The van der Waals surface area contributed by atoms with Gasteiger partial charge in [-0.15, -0.1) is 12.4 Å². The number of hydrogen-bond acceptors (Lipinski definition) is 4. The van der Waals surface area contributed by atoms with Crippen LogP contribution in [-0.4, -0.2) is 43.6 Å². The van der Waals surface area contributed by atoms with Crippen LogP contribution >= 0.6 is 12.4 Å². The molecule has 0 radical (unpaired) electrons. The van der Waals surface area contributed by atoms with Gasteiger partial charge in [-0.05, 0) is 49.6 Å². The van der Waals surface area contributed by atoms with Gasteiger partial charge in [0.1, 0.15) is 5.75 Å². The fourth-order valence-electron chi connectivity index (χ4n) is 4.89. The molecule has 2 N–H and O–H groups in total. The Balaban J connectivity index is 0.00000342. The maximum Gasteiger partial charge on any atom is 0.251 e. The molecule has 3 aromatic rings. The first-order valence-electron chi connectivity index (χ1n) is 12.2. The molecule has 1 saturated heterocycles. The monoisotopic (exact) mass is 493 g/mol. The Labute approximate surface area is 215 Å². The molecule has 0 bridgehead atoms. The number of rotatable bonds is 10. The minimum Gasteiger partial charge on any atom is -0.496 e. The van der Waals surface area contributed by atoms with Crippen LogP contribution in [0.2, 0.25) is 0 Å². The minimum absolute atomic E-state index is 0. The third-order valence-electron chi connectivity index (χ3n) is 6.57. The molecule has 4 rings (SSSR count). The third kappa shape index (κ3) is 7.31. The summed E-state index contributed by atoms with van der Waals surface area (Å²) in [7, 11) is 1.73. The van der Waals surface area contributed by atoms with Gasteiger partial charge in [-0.1, -0.05) is 66.7 Å². The molecule has 1 aliphatic rings. The maximum absolute atomic E-state index is 12.4. The number of ether oxygens (including phenoxy) is 1. The summed E-state index contributed by atoms with van der Waals surface area (Å²) in [6.07, 6.45) is 3.21. The third-order valence-corrected chi connectivity index (χ3v) is 6.57. The average molecular weight is 494 g/mol. The van der Waals surface area contributed by atoms with E-state index in [-0.39, 0.29) is 18.3 Å². The molecule has 2 atom stereocenters. The van der Waals surface area contributed by atoms with Gasteiger partial charge in [0.15, 0.2) is 0 Å². The van der Waals surface area contributed by atoms with E-state index >= 15 is 0 Å². The molecule has 0 aromatic heterocycles. The fourth-order valence-corrected chi connectivity index (χ4v) is 4.89. The van der Waals surface area contributed by atoms with Crippen LogP contribution < -0.4 is 15.4 Å². The van der Waals surface area contributed by atoms with E-state index in [1.807, 2.05) is 42.5 Å². The highest BCUT2D eigenvalue weighted by Gasteiger charge is 2.32. The molecule has 0 aliphatic carbocycles. The summed E-state index contributed by atoms with van der Waals surface area (Å²) >= 11 is 0. The summed E-state index contributed by atoms with van der Waals surface area (Å²) in [5, 5.41) is 6.90. The molecule has 1 fully saturated rings. The van der Waals surface area contributed by atoms with Crippen LogP contribution in [-0.2, 0) is 6.54 Å². The molecule has 1 amide bonds. The summed E-state index contributed by atoms with van der Waals surface area (Å²) in [6, 6.07) is 29.1. The predicted octanol–water partition coefficient (Wildman–Crippen LogP) is 5.23. The molecular weight excluding hydrogens is 458 g/mol. The molecular formula is C29H36ClN3O2. The number of halogens is 1. The number of likely N-dealkylation sites (tertiary alicyclic amines) is 1. The fraction of sp³-hybridized carbons (Fsp3) is 0.345. The zero-order valence-corrected chi connectivity index (χ0v) is 21.2. The average Bonchev–Trinajstić information content (AvgIpc) is 2.91. The highest BCUT2D eigenvalue weighted by Crippen LogP contribution is 2.32. The Hall–Kier alpha value is -2.86. The molecule has 0 saturated carbocycles. The van der Waals surface area contributed by atoms with Crippen molar-refractivity contribution in [2.75, 3.05) is 26.7 Å². The smallest absolute Gasteiger partial charge is 0.251 e. The number of nitrogens with zero attached hydrogens (tertiary/aromatic N) is 1. The lowest BCUT2D eigenvalue weighted by Gasteiger charge is -2.42. The van der Waals surface area contributed by atoms with E-state index < -0.39 is 0 Å². The normalized spacial score (nSPS) is 17.9. The predicted molar refractivity (Wildman–Crippen MR) is 144 cm³/mol. The molecule has 5 nitrogen and oxygen atoms in total. The molecule has 3 aromatic carbocycles. The number of methoxy groups -OCH3 is 1. The van der Waals surface area contributed by atoms with E-state index in [1.54, 1.807) is 7.11 Å². The van der Waals surface area contributed by atoms with E-state index in [2.05, 4.69) is 58.0 Å². The van der Waals surface area contributed by atoms with Crippen molar-refractivity contribution in [3.63, 3.8) is 0 Å². The molecule has 6 heteroatoms. The van der Waals surface area contributed by atoms with Crippen molar-refractivity contribution in [1.29, 1.82) is 0 Å². The Kier molecular flexibility index (Phi) is 10.6.